The number of benzene rings is 3. The van der Waals surface area contributed by atoms with Crippen molar-refractivity contribution in [1.29, 1.82) is 0 Å². The Bertz CT molecular complexity index is 1210. The van der Waals surface area contributed by atoms with Gasteiger partial charge in [-0.15, -0.1) is 0 Å². The number of azo groups is 2. The Hall–Kier alpha value is -4.44. The highest BCUT2D eigenvalue weighted by molar-refractivity contribution is 5.89. The maximum Gasteiger partial charge on any atom is 0.338 e. The van der Waals surface area contributed by atoms with Crippen LogP contribution in [-0.4, -0.2) is 52.5 Å². The van der Waals surface area contributed by atoms with Crippen molar-refractivity contribution in [3.8, 4) is 0 Å². The normalized spacial score (nSPS) is 11.1. The summed E-state index contributed by atoms with van der Waals surface area (Å²) < 4.78 is 14.9. The molecular formula is C27H29N5O5. The molecule has 0 spiro atoms. The lowest BCUT2D eigenvalue weighted by molar-refractivity contribution is -0.140. The van der Waals surface area contributed by atoms with Crippen LogP contribution in [0.1, 0.15) is 17.3 Å². The third kappa shape index (κ3) is 9.26. The number of hydrogen-bond donors (Lipinski definition) is 0. The predicted molar refractivity (Wildman–Crippen MR) is 140 cm³/mol. The molecule has 3 aromatic rings. The minimum absolute atomic E-state index is 0.205. The second-order valence-corrected chi connectivity index (χ2v) is 7.87. The molecule has 0 aromatic heterocycles. The number of esters is 2. The van der Waals surface area contributed by atoms with E-state index in [1.807, 2.05) is 36.2 Å². The van der Waals surface area contributed by atoms with Crippen molar-refractivity contribution in [1.82, 2.24) is 0 Å². The monoisotopic (exact) mass is 503 g/mol. The average molecular weight is 504 g/mol. The maximum absolute atomic E-state index is 11.9. The highest BCUT2D eigenvalue weighted by Crippen LogP contribution is 2.25. The molecule has 0 aliphatic rings. The van der Waals surface area contributed by atoms with E-state index < -0.39 is 5.97 Å². The van der Waals surface area contributed by atoms with Crippen LogP contribution in [0.2, 0.25) is 0 Å². The lowest BCUT2D eigenvalue weighted by Crippen LogP contribution is -2.23. The van der Waals surface area contributed by atoms with E-state index in [-0.39, 0.29) is 12.6 Å². The third-order valence-corrected chi connectivity index (χ3v) is 5.06. The third-order valence-electron chi connectivity index (χ3n) is 5.06. The Morgan fingerprint density at radius 1 is 0.676 bits per heavy atom. The minimum Gasteiger partial charge on any atom is -0.464 e. The first kappa shape index (κ1) is 27.2. The summed E-state index contributed by atoms with van der Waals surface area (Å²) >= 11 is 0. The number of rotatable bonds is 12. The summed E-state index contributed by atoms with van der Waals surface area (Å²) in [5.41, 5.74) is 4.08. The predicted octanol–water partition coefficient (Wildman–Crippen LogP) is 6.32. The molecule has 3 rings (SSSR count). The molecule has 0 amide bonds. The Labute approximate surface area is 215 Å². The fourth-order valence-corrected chi connectivity index (χ4v) is 3.01. The summed E-state index contributed by atoms with van der Waals surface area (Å²) in [4.78, 5) is 24.8. The lowest BCUT2D eigenvalue weighted by atomic mass is 10.2. The molecule has 0 aliphatic heterocycles. The number of ether oxygens (including phenoxy) is 3. The molecule has 10 heteroatoms. The van der Waals surface area contributed by atoms with Crippen LogP contribution in [0.15, 0.2) is 93.3 Å². The average Bonchev–Trinajstić information content (AvgIpc) is 2.91. The zero-order valence-corrected chi connectivity index (χ0v) is 21.0. The highest BCUT2D eigenvalue weighted by Gasteiger charge is 2.06. The molecule has 10 nitrogen and oxygen atoms in total. The highest BCUT2D eigenvalue weighted by atomic mass is 16.6. The van der Waals surface area contributed by atoms with Crippen LogP contribution in [0, 0.1) is 0 Å². The van der Waals surface area contributed by atoms with Crippen molar-refractivity contribution in [2.45, 2.75) is 6.92 Å². The van der Waals surface area contributed by atoms with E-state index in [1.165, 1.54) is 6.92 Å². The van der Waals surface area contributed by atoms with Crippen molar-refractivity contribution in [3.05, 3.63) is 78.4 Å². The first-order chi connectivity index (χ1) is 17.9. The van der Waals surface area contributed by atoms with E-state index in [0.29, 0.717) is 48.1 Å². The quantitative estimate of drug-likeness (QED) is 0.162. The van der Waals surface area contributed by atoms with Crippen LogP contribution in [-0.2, 0) is 19.0 Å². The zero-order valence-electron chi connectivity index (χ0n) is 21.0. The van der Waals surface area contributed by atoms with Gasteiger partial charge in [0.2, 0.25) is 0 Å². The van der Waals surface area contributed by atoms with Crippen molar-refractivity contribution < 1.29 is 23.8 Å². The molecule has 0 fully saturated rings. The summed E-state index contributed by atoms with van der Waals surface area (Å²) in [6.45, 7) is 2.88. The van der Waals surface area contributed by atoms with E-state index in [4.69, 9.17) is 14.2 Å². The van der Waals surface area contributed by atoms with Crippen LogP contribution < -0.4 is 4.90 Å². The van der Waals surface area contributed by atoms with Gasteiger partial charge in [-0.2, -0.15) is 20.5 Å². The number of nitrogens with zero attached hydrogens (tertiary/aromatic N) is 5. The van der Waals surface area contributed by atoms with E-state index >= 15 is 0 Å². The van der Waals surface area contributed by atoms with Gasteiger partial charge in [0, 0.05) is 26.8 Å². The van der Waals surface area contributed by atoms with Gasteiger partial charge in [0.05, 0.1) is 41.5 Å². The van der Waals surface area contributed by atoms with Gasteiger partial charge in [0.25, 0.3) is 0 Å². The molecule has 0 atom stereocenters. The Kier molecular flexibility index (Phi) is 10.4. The Morgan fingerprint density at radius 3 is 1.59 bits per heavy atom. The molecule has 0 bridgehead atoms. The number of hydrogen-bond acceptors (Lipinski definition) is 10. The summed E-state index contributed by atoms with van der Waals surface area (Å²) in [7, 11) is 3.47. The number of carbonyl (C=O) groups excluding carboxylic acids is 2. The van der Waals surface area contributed by atoms with Crippen LogP contribution in [0.3, 0.4) is 0 Å². The van der Waals surface area contributed by atoms with Crippen LogP contribution in [0.5, 0.6) is 0 Å². The van der Waals surface area contributed by atoms with E-state index in [0.717, 1.165) is 5.69 Å². The van der Waals surface area contributed by atoms with Crippen LogP contribution in [0.25, 0.3) is 0 Å². The van der Waals surface area contributed by atoms with Crippen LogP contribution in [0.4, 0.5) is 28.4 Å². The molecule has 0 saturated carbocycles. The van der Waals surface area contributed by atoms with Gasteiger partial charge >= 0.3 is 11.9 Å². The van der Waals surface area contributed by atoms with E-state index in [9.17, 15) is 9.59 Å². The van der Waals surface area contributed by atoms with E-state index in [2.05, 4.69) is 20.5 Å². The topological polar surface area (TPSA) is 115 Å². The van der Waals surface area contributed by atoms with Gasteiger partial charge in [-0.05, 0) is 72.8 Å². The molecular weight excluding hydrogens is 474 g/mol. The number of methoxy groups -OCH3 is 1. The fourth-order valence-electron chi connectivity index (χ4n) is 3.01. The molecule has 0 N–H and O–H groups in total. The van der Waals surface area contributed by atoms with Crippen molar-refractivity contribution in [3.63, 3.8) is 0 Å². The molecule has 37 heavy (non-hydrogen) atoms. The smallest absolute Gasteiger partial charge is 0.338 e. The maximum atomic E-state index is 11.9. The second kappa shape index (κ2) is 14.2. The summed E-state index contributed by atoms with van der Waals surface area (Å²) in [5.74, 6) is -0.699. The molecule has 0 aliphatic carbocycles. The first-order valence-electron chi connectivity index (χ1n) is 11.6. The summed E-state index contributed by atoms with van der Waals surface area (Å²) in [6, 6.07) is 21.5. The molecule has 0 radical (unpaired) electrons. The number of carbonyl (C=O) groups is 2. The Morgan fingerprint density at radius 2 is 1.14 bits per heavy atom. The van der Waals surface area contributed by atoms with Crippen molar-refractivity contribution >= 4 is 40.4 Å². The van der Waals surface area contributed by atoms with Crippen molar-refractivity contribution in [2.24, 2.45) is 20.5 Å². The largest absolute Gasteiger partial charge is 0.464 e. The summed E-state index contributed by atoms with van der Waals surface area (Å²) in [6.07, 6.45) is 0. The summed E-state index contributed by atoms with van der Waals surface area (Å²) in [5, 5.41) is 16.9. The SMILES string of the molecule is COCCOC(=O)c1ccc(N=Nc2ccc(N=Nc3ccc(N(C)CCOC(C)=O)cc3)cc2)cc1. The van der Waals surface area contributed by atoms with Gasteiger partial charge < -0.3 is 19.1 Å². The van der Waals surface area contributed by atoms with Gasteiger partial charge in [-0.3, -0.25) is 4.79 Å². The number of likely N-dealkylation sites (N-methyl/N-ethyl adjacent to an activating group) is 1. The van der Waals surface area contributed by atoms with Gasteiger partial charge in [0.15, 0.2) is 0 Å². The number of anilines is 1. The van der Waals surface area contributed by atoms with Crippen LogP contribution >= 0.6 is 0 Å². The van der Waals surface area contributed by atoms with Crippen molar-refractivity contribution in [2.75, 3.05) is 45.4 Å². The second-order valence-electron chi connectivity index (χ2n) is 7.87. The molecule has 3 aromatic carbocycles. The van der Waals surface area contributed by atoms with Gasteiger partial charge in [0.1, 0.15) is 13.2 Å². The van der Waals surface area contributed by atoms with E-state index in [1.54, 1.807) is 55.6 Å². The van der Waals surface area contributed by atoms with Gasteiger partial charge in [-0.1, -0.05) is 0 Å². The lowest BCUT2D eigenvalue weighted by Gasteiger charge is -2.18. The Balaban J connectivity index is 1.51. The molecule has 192 valence electrons. The molecule has 0 saturated heterocycles. The molecule has 0 heterocycles. The van der Waals surface area contributed by atoms with Gasteiger partial charge in [-0.25, -0.2) is 4.79 Å². The zero-order chi connectivity index (χ0) is 26.5. The molecule has 0 unspecified atom stereocenters. The first-order valence-corrected chi connectivity index (χ1v) is 11.6. The standard InChI is InChI=1S/C27H29N5O5/c1-20(33)36-17-16-32(2)26-14-12-25(13-15-26)31-30-24-10-8-23(9-11-24)29-28-22-6-4-21(5-7-22)27(34)37-19-18-35-3/h4-15H,16-19H2,1-3H3. The minimum atomic E-state index is -0.412. The fraction of sp³-hybridized carbons (Fsp3) is 0.259.